The SMILES string of the molecule is COc1c(CC(NC(=O)CCCC(F)(F)F)B2OC3CC4CC(C4(C)C)C3(C)O2)cccc1C(=O)OCOC(=O)C(C)(C)C. The van der Waals surface area contributed by atoms with Gasteiger partial charge in [-0.1, -0.05) is 26.0 Å². The van der Waals surface area contributed by atoms with Crippen molar-refractivity contribution in [1.82, 2.24) is 5.32 Å². The molecular weight excluding hydrogens is 582 g/mol. The number of alkyl halides is 3. The van der Waals surface area contributed by atoms with Gasteiger partial charge >= 0.3 is 25.2 Å². The average Bonchev–Trinajstić information content (AvgIpc) is 3.28. The predicted octanol–water partition coefficient (Wildman–Crippen LogP) is 5.43. The lowest BCUT2D eigenvalue weighted by Gasteiger charge is -2.64. The highest BCUT2D eigenvalue weighted by Crippen LogP contribution is 2.65. The van der Waals surface area contributed by atoms with Crippen LogP contribution in [0.15, 0.2) is 18.2 Å². The summed E-state index contributed by atoms with van der Waals surface area (Å²) in [4.78, 5) is 37.9. The number of rotatable bonds is 11. The van der Waals surface area contributed by atoms with Crippen LogP contribution in [0.2, 0.25) is 0 Å². The number of hydrogen-bond donors (Lipinski definition) is 1. The fourth-order valence-corrected chi connectivity index (χ4v) is 6.83. The maximum atomic E-state index is 12.9. The van der Waals surface area contributed by atoms with Crippen LogP contribution in [0.5, 0.6) is 5.75 Å². The summed E-state index contributed by atoms with van der Waals surface area (Å²) >= 11 is 0. The maximum Gasteiger partial charge on any atom is 0.482 e. The molecule has 1 aromatic rings. The molecule has 44 heavy (non-hydrogen) atoms. The van der Waals surface area contributed by atoms with E-state index in [1.54, 1.807) is 32.9 Å². The number of methoxy groups -OCH3 is 1. The molecular formula is C31H43BF3NO8. The molecule has 0 spiro atoms. The van der Waals surface area contributed by atoms with E-state index in [4.69, 9.17) is 23.5 Å². The number of amides is 1. The zero-order valence-electron chi connectivity index (χ0n) is 26.5. The summed E-state index contributed by atoms with van der Waals surface area (Å²) in [7, 11) is 0.511. The van der Waals surface area contributed by atoms with E-state index in [0.717, 1.165) is 12.8 Å². The highest BCUT2D eigenvalue weighted by Gasteiger charge is 2.68. The maximum absolute atomic E-state index is 12.9. The van der Waals surface area contributed by atoms with Gasteiger partial charge in [0.1, 0.15) is 11.3 Å². The Morgan fingerprint density at radius 3 is 2.43 bits per heavy atom. The van der Waals surface area contributed by atoms with E-state index in [1.807, 2.05) is 6.92 Å². The molecule has 1 heterocycles. The van der Waals surface area contributed by atoms with Crippen LogP contribution < -0.4 is 10.1 Å². The summed E-state index contributed by atoms with van der Waals surface area (Å²) < 4.78 is 67.0. The van der Waals surface area contributed by atoms with E-state index < -0.39 is 61.3 Å². The van der Waals surface area contributed by atoms with Gasteiger partial charge in [0.25, 0.3) is 0 Å². The standard InChI is InChI=1S/C31H43BF3NO8/c1-28(2,3)27(39)42-17-41-26(38)20-11-8-10-18(25(20)40-7)14-23(36-24(37)12-9-13-31(33,34)35)32-43-22-16-19-15-21(29(19,4)5)30(22,6)44-32/h8,10-11,19,21-23H,9,12-17H2,1-7H3,(H,36,37). The Morgan fingerprint density at radius 2 is 1.82 bits per heavy atom. The van der Waals surface area contributed by atoms with Gasteiger partial charge in [-0.2, -0.15) is 13.2 Å². The van der Waals surface area contributed by atoms with Gasteiger partial charge in [-0.25, -0.2) is 4.79 Å². The molecule has 5 unspecified atom stereocenters. The molecule has 2 bridgehead atoms. The first-order chi connectivity index (χ1) is 20.4. The second kappa shape index (κ2) is 12.5. The fraction of sp³-hybridized carbons (Fsp3) is 0.710. The van der Waals surface area contributed by atoms with Crippen molar-refractivity contribution in [3.05, 3.63) is 29.3 Å². The summed E-state index contributed by atoms with van der Waals surface area (Å²) in [6.07, 6.45) is -4.35. The van der Waals surface area contributed by atoms with E-state index in [2.05, 4.69) is 19.2 Å². The Kier molecular flexibility index (Phi) is 9.71. The minimum absolute atomic E-state index is 0.0727. The third-order valence-corrected chi connectivity index (χ3v) is 9.46. The number of hydrogen-bond acceptors (Lipinski definition) is 8. The minimum atomic E-state index is -4.36. The first-order valence-electron chi connectivity index (χ1n) is 15.1. The fourth-order valence-electron chi connectivity index (χ4n) is 6.83. The van der Waals surface area contributed by atoms with Gasteiger partial charge in [-0.3, -0.25) is 9.59 Å². The molecule has 1 saturated heterocycles. The monoisotopic (exact) mass is 625 g/mol. The largest absolute Gasteiger partial charge is 0.496 e. The number of nitrogens with one attached hydrogen (secondary N) is 1. The van der Waals surface area contributed by atoms with Crippen molar-refractivity contribution in [2.75, 3.05) is 13.9 Å². The van der Waals surface area contributed by atoms with E-state index in [-0.39, 0.29) is 48.0 Å². The molecule has 4 aliphatic rings. The number of carbonyl (C=O) groups excluding carboxylic acids is 3. The predicted molar refractivity (Wildman–Crippen MR) is 154 cm³/mol. The molecule has 9 nitrogen and oxygen atoms in total. The first kappa shape index (κ1) is 34.1. The van der Waals surface area contributed by atoms with Crippen LogP contribution in [-0.2, 0) is 34.8 Å². The zero-order valence-corrected chi connectivity index (χ0v) is 26.5. The molecule has 1 amide bonds. The molecule has 3 aliphatic carbocycles. The molecule has 0 aromatic heterocycles. The Labute approximate surface area is 257 Å². The smallest absolute Gasteiger partial charge is 0.482 e. The Balaban J connectivity index is 1.53. The summed E-state index contributed by atoms with van der Waals surface area (Å²) in [6, 6.07) is 4.82. The van der Waals surface area contributed by atoms with Gasteiger partial charge in [-0.05, 0) is 82.3 Å². The molecule has 0 radical (unpaired) electrons. The van der Waals surface area contributed by atoms with Crippen LogP contribution in [0.1, 0.15) is 89.6 Å². The van der Waals surface area contributed by atoms with Crippen molar-refractivity contribution < 1.29 is 51.1 Å². The average molecular weight is 625 g/mol. The molecule has 1 N–H and O–H groups in total. The van der Waals surface area contributed by atoms with Crippen molar-refractivity contribution in [1.29, 1.82) is 0 Å². The van der Waals surface area contributed by atoms with Gasteiger partial charge in [0.2, 0.25) is 12.7 Å². The number of esters is 2. The molecule has 5 atom stereocenters. The number of ether oxygens (including phenoxy) is 3. The summed E-state index contributed by atoms with van der Waals surface area (Å²) in [6.45, 7) is 10.9. The molecule has 3 saturated carbocycles. The number of carbonyl (C=O) groups is 3. The number of benzene rings is 1. The normalized spacial score (nSPS) is 26.2. The molecule has 1 aliphatic heterocycles. The highest BCUT2D eigenvalue weighted by atomic mass is 19.4. The van der Waals surface area contributed by atoms with E-state index in [9.17, 15) is 27.6 Å². The summed E-state index contributed by atoms with van der Waals surface area (Å²) in [5.74, 6) is -1.74. The van der Waals surface area contributed by atoms with Gasteiger partial charge in [0.15, 0.2) is 0 Å². The van der Waals surface area contributed by atoms with Crippen LogP contribution >= 0.6 is 0 Å². The van der Waals surface area contributed by atoms with Gasteiger partial charge in [0, 0.05) is 12.8 Å². The lowest BCUT2D eigenvalue weighted by Crippen LogP contribution is -2.65. The molecule has 4 fully saturated rings. The van der Waals surface area contributed by atoms with Crippen molar-refractivity contribution in [2.45, 2.75) is 104 Å². The second-order valence-electron chi connectivity index (χ2n) is 13.9. The van der Waals surface area contributed by atoms with Crippen LogP contribution in [0.4, 0.5) is 13.2 Å². The van der Waals surface area contributed by atoms with Crippen LogP contribution in [0.25, 0.3) is 0 Å². The van der Waals surface area contributed by atoms with Gasteiger partial charge < -0.3 is 28.8 Å². The minimum Gasteiger partial charge on any atom is -0.496 e. The lowest BCUT2D eigenvalue weighted by atomic mass is 9.43. The topological polar surface area (TPSA) is 109 Å². The van der Waals surface area contributed by atoms with Crippen LogP contribution in [0, 0.1) is 22.7 Å². The molecule has 1 aromatic carbocycles. The van der Waals surface area contributed by atoms with Crippen molar-refractivity contribution >= 4 is 25.0 Å². The first-order valence-corrected chi connectivity index (χ1v) is 15.1. The lowest BCUT2D eigenvalue weighted by molar-refractivity contribution is -0.199. The zero-order chi connectivity index (χ0) is 32.7. The van der Waals surface area contributed by atoms with E-state index in [1.165, 1.54) is 13.2 Å². The molecule has 244 valence electrons. The number of para-hydroxylation sites is 1. The van der Waals surface area contributed by atoms with E-state index in [0.29, 0.717) is 11.5 Å². The van der Waals surface area contributed by atoms with Crippen LogP contribution in [-0.4, -0.2) is 62.7 Å². The molecule has 13 heteroatoms. The Hall–Kier alpha value is -2.80. The molecule has 5 rings (SSSR count). The van der Waals surface area contributed by atoms with Crippen molar-refractivity contribution in [2.24, 2.45) is 22.7 Å². The van der Waals surface area contributed by atoms with Crippen LogP contribution in [0.3, 0.4) is 0 Å². The van der Waals surface area contributed by atoms with Crippen molar-refractivity contribution in [3.63, 3.8) is 0 Å². The summed E-state index contributed by atoms with van der Waals surface area (Å²) in [5.41, 5.74) is -0.679. The van der Waals surface area contributed by atoms with Crippen molar-refractivity contribution in [3.8, 4) is 5.75 Å². The quantitative estimate of drug-likeness (QED) is 0.197. The van der Waals surface area contributed by atoms with E-state index >= 15 is 0 Å². The third-order valence-electron chi connectivity index (χ3n) is 9.46. The second-order valence-corrected chi connectivity index (χ2v) is 13.9. The summed E-state index contributed by atoms with van der Waals surface area (Å²) in [5, 5.41) is 2.85. The van der Waals surface area contributed by atoms with Gasteiger partial charge in [-0.15, -0.1) is 0 Å². The highest BCUT2D eigenvalue weighted by molar-refractivity contribution is 6.48. The Morgan fingerprint density at radius 1 is 1.11 bits per heavy atom. The number of halogens is 3. The third kappa shape index (κ3) is 7.19. The Bertz CT molecular complexity index is 1250. The van der Waals surface area contributed by atoms with Gasteiger partial charge in [0.05, 0.1) is 30.2 Å².